The van der Waals surface area contributed by atoms with Crippen molar-refractivity contribution in [3.05, 3.63) is 0 Å². The molecule has 0 amide bonds. The minimum absolute atomic E-state index is 0.0692. The summed E-state index contributed by atoms with van der Waals surface area (Å²) in [5.74, 6) is -2.19. The van der Waals surface area contributed by atoms with Gasteiger partial charge in [-0.1, -0.05) is 77.6 Å². The Labute approximate surface area is 220 Å². The van der Waals surface area contributed by atoms with Gasteiger partial charge in [-0.05, 0) is 6.42 Å². The summed E-state index contributed by atoms with van der Waals surface area (Å²) in [7, 11) is 0. The zero-order chi connectivity index (χ0) is 27.3. The van der Waals surface area contributed by atoms with Crippen LogP contribution >= 0.6 is 0 Å². The van der Waals surface area contributed by atoms with Gasteiger partial charge in [0.15, 0.2) is 6.29 Å². The molecule has 0 spiro atoms. The van der Waals surface area contributed by atoms with Crippen LogP contribution in [-0.4, -0.2) is 117 Å². The van der Waals surface area contributed by atoms with Crippen molar-refractivity contribution < 1.29 is 54.7 Å². The van der Waals surface area contributed by atoms with E-state index in [4.69, 9.17) is 18.9 Å². The molecule has 0 aromatic rings. The summed E-state index contributed by atoms with van der Waals surface area (Å²) >= 11 is 0. The van der Waals surface area contributed by atoms with E-state index in [1.165, 1.54) is 57.8 Å². The van der Waals surface area contributed by atoms with Crippen LogP contribution in [0.4, 0.5) is 0 Å². The van der Waals surface area contributed by atoms with E-state index in [0.29, 0.717) is 6.61 Å². The average molecular weight is 539 g/mol. The Hall–Kier alpha value is -0.440. The van der Waals surface area contributed by atoms with Crippen LogP contribution in [0.25, 0.3) is 0 Å². The molecule has 11 nitrogen and oxygen atoms in total. The van der Waals surface area contributed by atoms with Crippen molar-refractivity contribution in [1.29, 1.82) is 0 Å². The number of unbranched alkanes of at least 4 members (excludes halogenated alkanes) is 11. The van der Waals surface area contributed by atoms with E-state index in [1.807, 2.05) is 0 Å². The molecule has 220 valence electrons. The predicted molar refractivity (Wildman–Crippen MR) is 133 cm³/mol. The Bertz CT molecular complexity index is 597. The highest BCUT2D eigenvalue weighted by Crippen LogP contribution is 2.36. The molecule has 2 aliphatic heterocycles. The lowest BCUT2D eigenvalue weighted by atomic mass is 9.99. The van der Waals surface area contributed by atoms with Gasteiger partial charge in [-0.25, -0.2) is 0 Å². The first-order valence-corrected chi connectivity index (χ1v) is 14.0. The standard InChI is InChI=1S/C26H50O11/c1-2-3-4-5-6-7-8-9-10-11-12-13-14-34-16-19-20(29)22(31)23(32)25(35-19)37-26(17-28)24(33)21(30)18(15-27)36-26/h18-25,27-33H,2-17H2,1H3/t18-,19-,20-,21-,22+,23-,24+,25-,26+/m1/s1. The monoisotopic (exact) mass is 538 g/mol. The van der Waals surface area contributed by atoms with Gasteiger partial charge in [-0.2, -0.15) is 0 Å². The van der Waals surface area contributed by atoms with Crippen molar-refractivity contribution in [2.75, 3.05) is 26.4 Å². The van der Waals surface area contributed by atoms with E-state index in [2.05, 4.69) is 6.92 Å². The summed E-state index contributed by atoms with van der Waals surface area (Å²) in [5, 5.41) is 70.4. The Balaban J connectivity index is 1.67. The third-order valence-electron chi connectivity index (χ3n) is 7.31. The van der Waals surface area contributed by atoms with Gasteiger partial charge in [0, 0.05) is 6.61 Å². The Morgan fingerprint density at radius 3 is 1.76 bits per heavy atom. The molecule has 0 unspecified atom stereocenters. The molecule has 0 aliphatic carbocycles. The van der Waals surface area contributed by atoms with Crippen LogP contribution in [0.3, 0.4) is 0 Å². The van der Waals surface area contributed by atoms with E-state index in [-0.39, 0.29) is 6.61 Å². The summed E-state index contributed by atoms with van der Waals surface area (Å²) in [6.07, 6.45) is 2.70. The number of aliphatic hydroxyl groups excluding tert-OH is 7. The van der Waals surface area contributed by atoms with E-state index in [1.54, 1.807) is 0 Å². The highest BCUT2D eigenvalue weighted by Gasteiger charge is 2.58. The molecule has 7 N–H and O–H groups in total. The van der Waals surface area contributed by atoms with Crippen molar-refractivity contribution >= 4 is 0 Å². The number of hydrogen-bond acceptors (Lipinski definition) is 11. The summed E-state index contributed by atoms with van der Waals surface area (Å²) < 4.78 is 22.0. The Morgan fingerprint density at radius 1 is 0.676 bits per heavy atom. The molecule has 2 heterocycles. The zero-order valence-electron chi connectivity index (χ0n) is 22.2. The molecule has 0 bridgehead atoms. The quantitative estimate of drug-likeness (QED) is 0.113. The SMILES string of the molecule is CCCCCCCCCCCCCCOC[C@H]1O[C@H](O[C@]2(CO)O[C@H](CO)[C@@H](O)[C@@H]2O)[C@H](O)[C@@H](O)[C@@H]1O. The summed E-state index contributed by atoms with van der Waals surface area (Å²) in [6, 6.07) is 0. The summed E-state index contributed by atoms with van der Waals surface area (Å²) in [4.78, 5) is 0. The Morgan fingerprint density at radius 2 is 1.24 bits per heavy atom. The molecular weight excluding hydrogens is 488 g/mol. The number of rotatable bonds is 19. The maximum absolute atomic E-state index is 10.3. The normalized spacial score (nSPS) is 36.3. The number of hydrogen-bond donors (Lipinski definition) is 7. The third kappa shape index (κ3) is 9.61. The fourth-order valence-corrected chi connectivity index (χ4v) is 4.86. The largest absolute Gasteiger partial charge is 0.394 e. The van der Waals surface area contributed by atoms with Gasteiger partial charge in [0.05, 0.1) is 13.2 Å². The predicted octanol–water partition coefficient (Wildman–Crippen LogP) is 0.330. The van der Waals surface area contributed by atoms with Gasteiger partial charge in [-0.3, -0.25) is 0 Å². The van der Waals surface area contributed by atoms with Crippen LogP contribution in [0.1, 0.15) is 84.0 Å². The topological polar surface area (TPSA) is 179 Å². The van der Waals surface area contributed by atoms with Crippen molar-refractivity contribution in [1.82, 2.24) is 0 Å². The minimum Gasteiger partial charge on any atom is -0.394 e. The molecule has 0 aromatic heterocycles. The first-order chi connectivity index (χ1) is 17.8. The summed E-state index contributed by atoms with van der Waals surface area (Å²) in [5.41, 5.74) is 0. The van der Waals surface area contributed by atoms with E-state index < -0.39 is 68.0 Å². The average Bonchev–Trinajstić information content (AvgIpc) is 3.14. The molecule has 0 aromatic carbocycles. The molecule has 0 radical (unpaired) electrons. The summed E-state index contributed by atoms with van der Waals surface area (Å²) in [6.45, 7) is 1.04. The van der Waals surface area contributed by atoms with Crippen molar-refractivity contribution in [2.24, 2.45) is 0 Å². The molecule has 2 saturated heterocycles. The van der Waals surface area contributed by atoms with Crippen molar-refractivity contribution in [2.45, 2.75) is 139 Å². The van der Waals surface area contributed by atoms with E-state index in [9.17, 15) is 35.7 Å². The van der Waals surface area contributed by atoms with E-state index >= 15 is 0 Å². The molecule has 2 rings (SSSR count). The van der Waals surface area contributed by atoms with E-state index in [0.717, 1.165) is 19.3 Å². The lowest BCUT2D eigenvalue weighted by Crippen LogP contribution is -2.62. The lowest BCUT2D eigenvalue weighted by molar-refractivity contribution is -0.384. The maximum Gasteiger partial charge on any atom is 0.224 e. The number of aliphatic hydroxyl groups is 7. The third-order valence-corrected chi connectivity index (χ3v) is 7.31. The second-order valence-corrected chi connectivity index (χ2v) is 10.3. The smallest absolute Gasteiger partial charge is 0.224 e. The second-order valence-electron chi connectivity index (χ2n) is 10.3. The highest BCUT2D eigenvalue weighted by atomic mass is 16.8. The van der Waals surface area contributed by atoms with Crippen LogP contribution in [-0.2, 0) is 18.9 Å². The molecule has 0 saturated carbocycles. The first-order valence-electron chi connectivity index (χ1n) is 14.0. The fourth-order valence-electron chi connectivity index (χ4n) is 4.86. The fraction of sp³-hybridized carbons (Fsp3) is 1.00. The van der Waals surface area contributed by atoms with Gasteiger partial charge >= 0.3 is 0 Å². The van der Waals surface area contributed by atoms with Crippen LogP contribution in [0.15, 0.2) is 0 Å². The van der Waals surface area contributed by atoms with Crippen molar-refractivity contribution in [3.8, 4) is 0 Å². The molecule has 37 heavy (non-hydrogen) atoms. The lowest BCUT2D eigenvalue weighted by Gasteiger charge is -2.43. The van der Waals surface area contributed by atoms with Crippen LogP contribution < -0.4 is 0 Å². The minimum atomic E-state index is -2.19. The Kier molecular flexibility index (Phi) is 15.3. The first kappa shape index (κ1) is 32.8. The highest BCUT2D eigenvalue weighted by molar-refractivity contribution is 4.98. The van der Waals surface area contributed by atoms with Crippen molar-refractivity contribution in [3.63, 3.8) is 0 Å². The number of ether oxygens (including phenoxy) is 4. The molecule has 2 fully saturated rings. The van der Waals surface area contributed by atoms with Gasteiger partial charge in [0.2, 0.25) is 5.79 Å². The van der Waals surface area contributed by atoms with Gasteiger partial charge in [0.25, 0.3) is 0 Å². The van der Waals surface area contributed by atoms with Gasteiger partial charge in [0.1, 0.15) is 49.3 Å². The molecule has 2 aliphatic rings. The van der Waals surface area contributed by atoms with Gasteiger partial charge < -0.3 is 54.7 Å². The van der Waals surface area contributed by atoms with Crippen LogP contribution in [0.5, 0.6) is 0 Å². The molecular formula is C26H50O11. The van der Waals surface area contributed by atoms with Crippen LogP contribution in [0, 0.1) is 0 Å². The zero-order valence-corrected chi connectivity index (χ0v) is 22.2. The second kappa shape index (κ2) is 17.3. The molecule has 9 atom stereocenters. The van der Waals surface area contributed by atoms with Gasteiger partial charge in [-0.15, -0.1) is 0 Å². The molecule has 11 heteroatoms. The maximum atomic E-state index is 10.3. The van der Waals surface area contributed by atoms with Crippen LogP contribution in [0.2, 0.25) is 0 Å².